The summed E-state index contributed by atoms with van der Waals surface area (Å²) in [4.78, 5) is 20.7. The fraction of sp³-hybridized carbons (Fsp3) is 0.727. The molecule has 0 bridgehead atoms. The fourth-order valence-electron chi connectivity index (χ4n) is 4.55. The van der Waals surface area contributed by atoms with Crippen LogP contribution in [0.25, 0.3) is 0 Å². The molecule has 0 aromatic carbocycles. The molecule has 3 heterocycles. The van der Waals surface area contributed by atoms with Gasteiger partial charge in [-0.15, -0.1) is 0 Å². The number of nitrogens with two attached hydrogens (primary N) is 1. The summed E-state index contributed by atoms with van der Waals surface area (Å²) in [5, 5.41) is 0. The Hall–Kier alpha value is -1.82. The maximum absolute atomic E-state index is 11.6. The minimum Gasteiger partial charge on any atom is -0.465 e. The first-order valence-corrected chi connectivity index (χ1v) is 11.0. The number of hydrogen-bond acceptors (Lipinski definition) is 6. The smallest absolute Gasteiger partial charge is 0.320 e. The number of rotatable bonds is 8. The predicted molar refractivity (Wildman–Crippen MR) is 113 cm³/mol. The Bertz CT molecular complexity index is 591. The number of pyridine rings is 1. The highest BCUT2D eigenvalue weighted by molar-refractivity contribution is 5.71. The molecule has 2 N–H and O–H groups in total. The van der Waals surface area contributed by atoms with Gasteiger partial charge in [-0.3, -0.25) is 9.69 Å². The predicted octanol–water partition coefficient (Wildman–Crippen LogP) is 3.33. The van der Waals surface area contributed by atoms with E-state index in [9.17, 15) is 4.79 Å². The highest BCUT2D eigenvalue weighted by atomic mass is 16.5. The summed E-state index contributed by atoms with van der Waals surface area (Å²) < 4.78 is 5.05. The van der Waals surface area contributed by atoms with E-state index in [1.54, 1.807) is 6.20 Å². The Balaban J connectivity index is 1.27. The normalized spacial score (nSPS) is 19.7. The van der Waals surface area contributed by atoms with Crippen LogP contribution in [0.15, 0.2) is 18.3 Å². The number of nitrogens with zero attached hydrogens (tertiary/aromatic N) is 3. The molecule has 3 rings (SSSR count). The SMILES string of the molecule is CCOC(=O)CN1CCC(CCCC2CCN(c3ccc(N)cn3)CC2)CC1. The Morgan fingerprint density at radius 1 is 1.11 bits per heavy atom. The summed E-state index contributed by atoms with van der Waals surface area (Å²) in [6.45, 7) is 7.09. The monoisotopic (exact) mass is 388 g/mol. The van der Waals surface area contributed by atoms with Crippen LogP contribution in [0.1, 0.15) is 51.9 Å². The molecular weight excluding hydrogens is 352 g/mol. The van der Waals surface area contributed by atoms with E-state index >= 15 is 0 Å². The Morgan fingerprint density at radius 2 is 1.75 bits per heavy atom. The third-order valence-electron chi connectivity index (χ3n) is 6.30. The number of anilines is 2. The second-order valence-electron chi connectivity index (χ2n) is 8.34. The molecule has 156 valence electrons. The standard InChI is InChI=1S/C22H36N4O2/c1-2-28-22(27)17-25-12-8-18(9-13-25)4-3-5-19-10-14-26(15-11-19)21-7-6-20(23)16-24-21/h6-7,16,18-19H,2-5,8-15,17,23H2,1H3. The quantitative estimate of drug-likeness (QED) is 0.689. The lowest BCUT2D eigenvalue weighted by molar-refractivity contribution is -0.144. The summed E-state index contributed by atoms with van der Waals surface area (Å²) >= 11 is 0. The minimum atomic E-state index is -0.0820. The fourth-order valence-corrected chi connectivity index (χ4v) is 4.55. The van der Waals surface area contributed by atoms with Gasteiger partial charge in [0.25, 0.3) is 0 Å². The lowest BCUT2D eigenvalue weighted by atomic mass is 9.87. The van der Waals surface area contributed by atoms with Gasteiger partial charge in [0.15, 0.2) is 0 Å². The molecule has 0 spiro atoms. The van der Waals surface area contributed by atoms with Crippen LogP contribution in [-0.4, -0.2) is 55.2 Å². The molecule has 6 nitrogen and oxygen atoms in total. The van der Waals surface area contributed by atoms with Crippen molar-refractivity contribution >= 4 is 17.5 Å². The molecule has 28 heavy (non-hydrogen) atoms. The lowest BCUT2D eigenvalue weighted by Crippen LogP contribution is -2.38. The van der Waals surface area contributed by atoms with Gasteiger partial charge in [0.1, 0.15) is 5.82 Å². The van der Waals surface area contributed by atoms with E-state index in [0.717, 1.165) is 49.5 Å². The topological polar surface area (TPSA) is 71.7 Å². The first kappa shape index (κ1) is 20.9. The molecule has 2 aliphatic rings. The molecule has 0 atom stereocenters. The maximum atomic E-state index is 11.6. The number of carbonyl (C=O) groups excluding carboxylic acids is 1. The molecule has 0 radical (unpaired) electrons. The molecule has 2 aliphatic heterocycles. The van der Waals surface area contributed by atoms with Crippen LogP contribution >= 0.6 is 0 Å². The van der Waals surface area contributed by atoms with Crippen molar-refractivity contribution in [3.05, 3.63) is 18.3 Å². The Kier molecular flexibility index (Phi) is 7.95. The van der Waals surface area contributed by atoms with Crippen LogP contribution in [0.5, 0.6) is 0 Å². The molecule has 2 saturated heterocycles. The highest BCUT2D eigenvalue weighted by Gasteiger charge is 2.23. The number of hydrogen-bond donors (Lipinski definition) is 1. The van der Waals surface area contributed by atoms with Gasteiger partial charge in [-0.1, -0.05) is 19.3 Å². The third-order valence-corrected chi connectivity index (χ3v) is 6.30. The van der Waals surface area contributed by atoms with Gasteiger partial charge in [-0.25, -0.2) is 4.98 Å². The number of esters is 1. The van der Waals surface area contributed by atoms with Crippen molar-refractivity contribution in [3.63, 3.8) is 0 Å². The van der Waals surface area contributed by atoms with Crippen molar-refractivity contribution < 1.29 is 9.53 Å². The summed E-state index contributed by atoms with van der Waals surface area (Å²) in [5.74, 6) is 2.66. The number of ether oxygens (including phenoxy) is 1. The first-order chi connectivity index (χ1) is 13.6. The number of carbonyl (C=O) groups is 1. The van der Waals surface area contributed by atoms with E-state index < -0.39 is 0 Å². The van der Waals surface area contributed by atoms with Gasteiger partial charge >= 0.3 is 5.97 Å². The summed E-state index contributed by atoms with van der Waals surface area (Å²) in [7, 11) is 0. The van der Waals surface area contributed by atoms with Gasteiger partial charge in [0.2, 0.25) is 0 Å². The lowest BCUT2D eigenvalue weighted by Gasteiger charge is -2.34. The summed E-state index contributed by atoms with van der Waals surface area (Å²) in [6, 6.07) is 3.97. The van der Waals surface area contributed by atoms with Gasteiger partial charge < -0.3 is 15.4 Å². The van der Waals surface area contributed by atoms with Crippen molar-refractivity contribution in [2.45, 2.75) is 51.9 Å². The maximum Gasteiger partial charge on any atom is 0.320 e. The van der Waals surface area contributed by atoms with E-state index in [4.69, 9.17) is 10.5 Å². The van der Waals surface area contributed by atoms with Crippen molar-refractivity contribution in [2.75, 3.05) is 50.0 Å². The molecule has 1 aromatic rings. The van der Waals surface area contributed by atoms with Gasteiger partial charge in [0.05, 0.1) is 25.0 Å². The summed E-state index contributed by atoms with van der Waals surface area (Å²) in [6.07, 6.45) is 10.8. The zero-order valence-electron chi connectivity index (χ0n) is 17.3. The molecule has 0 amide bonds. The molecule has 1 aromatic heterocycles. The van der Waals surface area contributed by atoms with Gasteiger partial charge in [-0.05, 0) is 69.7 Å². The Morgan fingerprint density at radius 3 is 2.32 bits per heavy atom. The van der Waals surface area contributed by atoms with E-state index in [2.05, 4.69) is 14.8 Å². The van der Waals surface area contributed by atoms with E-state index in [0.29, 0.717) is 13.2 Å². The molecular formula is C22H36N4O2. The Labute approximate surface area is 169 Å². The van der Waals surface area contributed by atoms with Crippen molar-refractivity contribution in [3.8, 4) is 0 Å². The van der Waals surface area contributed by atoms with Crippen LogP contribution in [0.2, 0.25) is 0 Å². The van der Waals surface area contributed by atoms with E-state index in [1.165, 1.54) is 44.9 Å². The first-order valence-electron chi connectivity index (χ1n) is 11.0. The van der Waals surface area contributed by atoms with Crippen molar-refractivity contribution in [1.29, 1.82) is 0 Å². The average Bonchev–Trinajstić information content (AvgIpc) is 2.71. The number of likely N-dealkylation sites (tertiary alicyclic amines) is 1. The van der Waals surface area contributed by atoms with Crippen LogP contribution in [-0.2, 0) is 9.53 Å². The number of aromatic nitrogens is 1. The summed E-state index contributed by atoms with van der Waals surface area (Å²) in [5.41, 5.74) is 6.46. The molecule has 2 fully saturated rings. The molecule has 0 unspecified atom stereocenters. The molecule has 0 aliphatic carbocycles. The highest BCUT2D eigenvalue weighted by Crippen LogP contribution is 2.28. The van der Waals surface area contributed by atoms with E-state index in [1.807, 2.05) is 19.1 Å². The van der Waals surface area contributed by atoms with Crippen LogP contribution in [0.3, 0.4) is 0 Å². The zero-order valence-corrected chi connectivity index (χ0v) is 17.3. The number of nitrogen functional groups attached to an aromatic ring is 1. The molecule has 6 heteroatoms. The average molecular weight is 389 g/mol. The van der Waals surface area contributed by atoms with Crippen molar-refractivity contribution in [2.24, 2.45) is 11.8 Å². The van der Waals surface area contributed by atoms with Crippen LogP contribution in [0.4, 0.5) is 11.5 Å². The van der Waals surface area contributed by atoms with Crippen molar-refractivity contribution in [1.82, 2.24) is 9.88 Å². The zero-order chi connectivity index (χ0) is 19.8. The minimum absolute atomic E-state index is 0.0820. The van der Waals surface area contributed by atoms with Gasteiger partial charge in [0, 0.05) is 13.1 Å². The van der Waals surface area contributed by atoms with Gasteiger partial charge in [-0.2, -0.15) is 0 Å². The largest absolute Gasteiger partial charge is 0.465 e. The van der Waals surface area contributed by atoms with Crippen LogP contribution in [0, 0.1) is 11.8 Å². The third kappa shape index (κ3) is 6.36. The van der Waals surface area contributed by atoms with E-state index in [-0.39, 0.29) is 5.97 Å². The molecule has 0 saturated carbocycles. The second-order valence-corrected chi connectivity index (χ2v) is 8.34. The van der Waals surface area contributed by atoms with Crippen LogP contribution < -0.4 is 10.6 Å². The second kappa shape index (κ2) is 10.6. The number of piperidine rings is 2.